The summed E-state index contributed by atoms with van der Waals surface area (Å²) in [6, 6.07) is 7.87. The number of hydrogen-bond donors (Lipinski definition) is 2. The smallest absolute Gasteiger partial charge is 0.117 e. The molecule has 2 N–H and O–H groups in total. The standard InChI is InChI=1S/C13H21NO/c1-3-6-11(7-4-2)14-12-8-5-9-13(15)10-12/h5,8-11,14-15H,3-4,6-7H2,1-2H3. The van der Waals surface area contributed by atoms with Gasteiger partial charge in [-0.1, -0.05) is 32.8 Å². The van der Waals surface area contributed by atoms with Crippen molar-refractivity contribution in [2.45, 2.75) is 45.6 Å². The molecule has 84 valence electrons. The van der Waals surface area contributed by atoms with Crippen LogP contribution in [0.5, 0.6) is 5.75 Å². The molecular weight excluding hydrogens is 186 g/mol. The molecule has 1 aromatic carbocycles. The zero-order chi connectivity index (χ0) is 11.1. The maximum absolute atomic E-state index is 9.35. The normalized spacial score (nSPS) is 10.6. The van der Waals surface area contributed by atoms with Crippen molar-refractivity contribution in [1.29, 1.82) is 0 Å². The van der Waals surface area contributed by atoms with Crippen LogP contribution in [0.2, 0.25) is 0 Å². The summed E-state index contributed by atoms with van der Waals surface area (Å²) in [5.74, 6) is 0.326. The zero-order valence-electron chi connectivity index (χ0n) is 9.66. The van der Waals surface area contributed by atoms with E-state index in [0.29, 0.717) is 11.8 Å². The van der Waals surface area contributed by atoms with Crippen molar-refractivity contribution in [3.63, 3.8) is 0 Å². The van der Waals surface area contributed by atoms with Crippen LogP contribution in [0, 0.1) is 0 Å². The van der Waals surface area contributed by atoms with Crippen molar-refractivity contribution in [3.05, 3.63) is 24.3 Å². The topological polar surface area (TPSA) is 32.3 Å². The second-order valence-corrected chi connectivity index (χ2v) is 3.97. The Bertz CT molecular complexity index is 280. The summed E-state index contributed by atoms with van der Waals surface area (Å²) < 4.78 is 0. The summed E-state index contributed by atoms with van der Waals surface area (Å²) in [5, 5.41) is 12.8. The minimum absolute atomic E-state index is 0.326. The molecule has 0 radical (unpaired) electrons. The van der Waals surface area contributed by atoms with Crippen molar-refractivity contribution in [1.82, 2.24) is 0 Å². The molecule has 1 aromatic rings. The summed E-state index contributed by atoms with van der Waals surface area (Å²) >= 11 is 0. The van der Waals surface area contributed by atoms with Gasteiger partial charge in [0.15, 0.2) is 0 Å². The molecule has 0 aromatic heterocycles. The van der Waals surface area contributed by atoms with Gasteiger partial charge in [0.1, 0.15) is 5.75 Å². The first-order valence-electron chi connectivity index (χ1n) is 5.81. The number of rotatable bonds is 6. The maximum atomic E-state index is 9.35. The van der Waals surface area contributed by atoms with Crippen molar-refractivity contribution in [2.24, 2.45) is 0 Å². The summed E-state index contributed by atoms with van der Waals surface area (Å²) in [6.45, 7) is 4.40. The third-order valence-electron chi connectivity index (χ3n) is 2.49. The lowest BCUT2D eigenvalue weighted by molar-refractivity contribution is 0.475. The van der Waals surface area contributed by atoms with Gasteiger partial charge in [0.2, 0.25) is 0 Å². The third kappa shape index (κ3) is 4.24. The lowest BCUT2D eigenvalue weighted by Crippen LogP contribution is -2.18. The molecule has 0 bridgehead atoms. The van der Waals surface area contributed by atoms with E-state index in [1.807, 2.05) is 12.1 Å². The average molecular weight is 207 g/mol. The second-order valence-electron chi connectivity index (χ2n) is 3.97. The van der Waals surface area contributed by atoms with Crippen LogP contribution in [-0.4, -0.2) is 11.1 Å². The number of phenols is 1. The summed E-state index contributed by atoms with van der Waals surface area (Å²) in [4.78, 5) is 0. The summed E-state index contributed by atoms with van der Waals surface area (Å²) in [6.07, 6.45) is 4.75. The predicted molar refractivity (Wildman–Crippen MR) is 65.3 cm³/mol. The monoisotopic (exact) mass is 207 g/mol. The summed E-state index contributed by atoms with van der Waals surface area (Å²) in [7, 11) is 0. The van der Waals surface area contributed by atoms with Crippen LogP contribution in [-0.2, 0) is 0 Å². The van der Waals surface area contributed by atoms with E-state index in [1.165, 1.54) is 25.7 Å². The fourth-order valence-corrected chi connectivity index (χ4v) is 1.82. The highest BCUT2D eigenvalue weighted by molar-refractivity contribution is 5.48. The molecule has 1 rings (SSSR count). The highest BCUT2D eigenvalue weighted by Gasteiger charge is 2.06. The first kappa shape index (κ1) is 11.9. The fourth-order valence-electron chi connectivity index (χ4n) is 1.82. The molecule has 0 spiro atoms. The zero-order valence-corrected chi connectivity index (χ0v) is 9.66. The molecule has 0 atom stereocenters. The Kier molecular flexibility index (Phi) is 5.02. The second kappa shape index (κ2) is 6.33. The number of aromatic hydroxyl groups is 1. The molecule has 0 unspecified atom stereocenters. The maximum Gasteiger partial charge on any atom is 0.117 e. The Hall–Kier alpha value is -1.18. The van der Waals surface area contributed by atoms with Gasteiger partial charge in [-0.15, -0.1) is 0 Å². The van der Waals surface area contributed by atoms with E-state index >= 15 is 0 Å². The predicted octanol–water partition coefficient (Wildman–Crippen LogP) is 3.77. The van der Waals surface area contributed by atoms with Crippen molar-refractivity contribution in [2.75, 3.05) is 5.32 Å². The van der Waals surface area contributed by atoms with E-state index in [-0.39, 0.29) is 0 Å². The highest BCUT2D eigenvalue weighted by Crippen LogP contribution is 2.18. The lowest BCUT2D eigenvalue weighted by atomic mass is 10.1. The van der Waals surface area contributed by atoms with Crippen molar-refractivity contribution in [3.8, 4) is 5.75 Å². The van der Waals surface area contributed by atoms with Gasteiger partial charge in [-0.05, 0) is 25.0 Å². The number of anilines is 1. The van der Waals surface area contributed by atoms with E-state index < -0.39 is 0 Å². The fraction of sp³-hybridized carbons (Fsp3) is 0.538. The van der Waals surface area contributed by atoms with Crippen molar-refractivity contribution < 1.29 is 5.11 Å². The first-order chi connectivity index (χ1) is 7.26. The van der Waals surface area contributed by atoms with E-state index in [0.717, 1.165) is 5.69 Å². The van der Waals surface area contributed by atoms with Crippen LogP contribution in [0.15, 0.2) is 24.3 Å². The van der Waals surface area contributed by atoms with Gasteiger partial charge in [0.25, 0.3) is 0 Å². The van der Waals surface area contributed by atoms with Gasteiger partial charge in [-0.2, -0.15) is 0 Å². The molecular formula is C13H21NO. The number of hydrogen-bond acceptors (Lipinski definition) is 2. The largest absolute Gasteiger partial charge is 0.508 e. The van der Waals surface area contributed by atoms with Gasteiger partial charge in [0, 0.05) is 17.8 Å². The van der Waals surface area contributed by atoms with Crippen LogP contribution in [0.3, 0.4) is 0 Å². The molecule has 15 heavy (non-hydrogen) atoms. The number of nitrogens with one attached hydrogen (secondary N) is 1. The summed E-state index contributed by atoms with van der Waals surface area (Å²) in [5.41, 5.74) is 1.02. The number of benzene rings is 1. The average Bonchev–Trinajstić information content (AvgIpc) is 2.18. The molecule has 0 aliphatic rings. The minimum atomic E-state index is 0.326. The first-order valence-corrected chi connectivity index (χ1v) is 5.81. The van der Waals surface area contributed by atoms with Gasteiger partial charge >= 0.3 is 0 Å². The van der Waals surface area contributed by atoms with Crippen LogP contribution in [0.25, 0.3) is 0 Å². The van der Waals surface area contributed by atoms with Gasteiger partial charge in [-0.3, -0.25) is 0 Å². The molecule has 2 nitrogen and oxygen atoms in total. The van der Waals surface area contributed by atoms with Gasteiger partial charge in [0.05, 0.1) is 0 Å². The molecule has 0 heterocycles. The van der Waals surface area contributed by atoms with Crippen molar-refractivity contribution >= 4 is 5.69 Å². The highest BCUT2D eigenvalue weighted by atomic mass is 16.3. The lowest BCUT2D eigenvalue weighted by Gasteiger charge is -2.18. The molecule has 0 saturated carbocycles. The molecule has 0 amide bonds. The molecule has 2 heteroatoms. The Balaban J connectivity index is 2.56. The van der Waals surface area contributed by atoms with E-state index in [4.69, 9.17) is 0 Å². The SMILES string of the molecule is CCCC(CCC)Nc1cccc(O)c1. The molecule has 0 aliphatic heterocycles. The minimum Gasteiger partial charge on any atom is -0.508 e. The molecule has 0 saturated heterocycles. The van der Waals surface area contributed by atoms with Gasteiger partial charge < -0.3 is 10.4 Å². The number of phenolic OH excluding ortho intramolecular Hbond substituents is 1. The molecule has 0 fully saturated rings. The van der Waals surface area contributed by atoms with E-state index in [1.54, 1.807) is 12.1 Å². The Morgan fingerprint density at radius 1 is 1.20 bits per heavy atom. The van der Waals surface area contributed by atoms with Crippen LogP contribution in [0.4, 0.5) is 5.69 Å². The van der Waals surface area contributed by atoms with Crippen LogP contribution < -0.4 is 5.32 Å². The van der Waals surface area contributed by atoms with Crippen LogP contribution >= 0.6 is 0 Å². The van der Waals surface area contributed by atoms with Gasteiger partial charge in [-0.25, -0.2) is 0 Å². The molecule has 0 aliphatic carbocycles. The Morgan fingerprint density at radius 2 is 1.87 bits per heavy atom. The van der Waals surface area contributed by atoms with E-state index in [2.05, 4.69) is 19.2 Å². The van der Waals surface area contributed by atoms with E-state index in [9.17, 15) is 5.11 Å². The van der Waals surface area contributed by atoms with Crippen LogP contribution in [0.1, 0.15) is 39.5 Å². The quantitative estimate of drug-likeness (QED) is 0.744. The third-order valence-corrected chi connectivity index (χ3v) is 2.49. The Morgan fingerprint density at radius 3 is 2.40 bits per heavy atom. The Labute approximate surface area is 92.3 Å².